The van der Waals surface area contributed by atoms with E-state index in [0.717, 1.165) is 12.1 Å². The van der Waals surface area contributed by atoms with Crippen LogP contribution in [0, 0.1) is 0 Å². The number of carbonyl (C=O) groups excluding carboxylic acids is 1. The number of amides is 2. The Bertz CT molecular complexity index is 332. The number of carbonyl (C=O) groups is 1. The molecule has 3 nitrogen and oxygen atoms in total. The maximum atomic E-state index is 11.3. The number of hydrogen-bond acceptors (Lipinski definition) is 1. The summed E-state index contributed by atoms with van der Waals surface area (Å²) in [6, 6.07) is 7.86. The molecular formula is C13H20N2O. The predicted octanol–water partition coefficient (Wildman–Crippen LogP) is 3.34. The maximum absolute atomic E-state index is 11.3. The van der Waals surface area contributed by atoms with Crippen LogP contribution in [0.2, 0.25) is 0 Å². The summed E-state index contributed by atoms with van der Waals surface area (Å²) in [5.41, 5.74) is 2.14. The van der Waals surface area contributed by atoms with Crippen LogP contribution in [-0.4, -0.2) is 12.6 Å². The summed E-state index contributed by atoms with van der Waals surface area (Å²) >= 11 is 0. The first-order chi connectivity index (χ1) is 7.67. The molecule has 0 aliphatic rings. The van der Waals surface area contributed by atoms with Crippen molar-refractivity contribution in [3.8, 4) is 0 Å². The molecule has 0 aliphatic carbocycles. The molecule has 0 unspecified atom stereocenters. The molecule has 88 valence electrons. The molecule has 2 N–H and O–H groups in total. The van der Waals surface area contributed by atoms with Crippen molar-refractivity contribution < 1.29 is 4.79 Å². The van der Waals surface area contributed by atoms with Crippen LogP contribution >= 0.6 is 0 Å². The van der Waals surface area contributed by atoms with E-state index in [1.54, 1.807) is 0 Å². The minimum atomic E-state index is -0.154. The molecule has 0 aliphatic heterocycles. The van der Waals surface area contributed by atoms with Gasteiger partial charge in [-0.2, -0.15) is 0 Å². The molecule has 2 amide bonds. The van der Waals surface area contributed by atoms with Gasteiger partial charge in [0.25, 0.3) is 0 Å². The highest BCUT2D eigenvalue weighted by Gasteiger charge is 2.03. The number of anilines is 1. The number of hydrogen-bond donors (Lipinski definition) is 2. The Morgan fingerprint density at radius 3 is 2.38 bits per heavy atom. The third-order valence-electron chi connectivity index (χ3n) is 2.69. The van der Waals surface area contributed by atoms with Crippen molar-refractivity contribution in [2.75, 3.05) is 11.9 Å². The lowest BCUT2D eigenvalue weighted by atomic mass is 9.99. The average Bonchev–Trinajstić information content (AvgIpc) is 2.29. The third kappa shape index (κ3) is 3.57. The van der Waals surface area contributed by atoms with Gasteiger partial charge in [0.05, 0.1) is 0 Å². The van der Waals surface area contributed by atoms with Crippen LogP contribution in [-0.2, 0) is 0 Å². The van der Waals surface area contributed by atoms with E-state index in [-0.39, 0.29) is 6.03 Å². The molecule has 1 rings (SSSR count). The Kier molecular flexibility index (Phi) is 4.83. The first-order valence-corrected chi connectivity index (χ1v) is 5.82. The Hall–Kier alpha value is -1.51. The van der Waals surface area contributed by atoms with Crippen LogP contribution in [0.5, 0.6) is 0 Å². The van der Waals surface area contributed by atoms with Gasteiger partial charge < -0.3 is 10.6 Å². The second kappa shape index (κ2) is 6.16. The van der Waals surface area contributed by atoms with E-state index in [0.29, 0.717) is 12.5 Å². The summed E-state index contributed by atoms with van der Waals surface area (Å²) in [5, 5.41) is 5.47. The Morgan fingerprint density at radius 1 is 1.25 bits per heavy atom. The molecule has 3 heteroatoms. The van der Waals surface area contributed by atoms with E-state index < -0.39 is 0 Å². The van der Waals surface area contributed by atoms with Crippen molar-refractivity contribution in [1.82, 2.24) is 5.32 Å². The van der Waals surface area contributed by atoms with Crippen molar-refractivity contribution in [1.29, 1.82) is 0 Å². The van der Waals surface area contributed by atoms with Gasteiger partial charge in [-0.1, -0.05) is 26.0 Å². The van der Waals surface area contributed by atoms with E-state index in [1.807, 2.05) is 19.1 Å². The number of benzene rings is 1. The topological polar surface area (TPSA) is 41.1 Å². The van der Waals surface area contributed by atoms with Crippen LogP contribution in [0.15, 0.2) is 24.3 Å². The van der Waals surface area contributed by atoms with E-state index in [9.17, 15) is 4.79 Å². The molecule has 0 aromatic heterocycles. The highest BCUT2D eigenvalue weighted by atomic mass is 16.2. The number of nitrogens with one attached hydrogen (secondary N) is 2. The molecule has 0 spiro atoms. The lowest BCUT2D eigenvalue weighted by Crippen LogP contribution is -2.28. The zero-order valence-corrected chi connectivity index (χ0v) is 10.2. The van der Waals surface area contributed by atoms with Gasteiger partial charge in [-0.3, -0.25) is 0 Å². The highest BCUT2D eigenvalue weighted by Crippen LogP contribution is 2.20. The van der Waals surface area contributed by atoms with Crippen molar-refractivity contribution in [3.05, 3.63) is 29.8 Å². The Balaban J connectivity index is 2.61. The van der Waals surface area contributed by atoms with Gasteiger partial charge in [-0.25, -0.2) is 4.79 Å². The van der Waals surface area contributed by atoms with E-state index in [2.05, 4.69) is 36.6 Å². The Labute approximate surface area is 97.2 Å². The van der Waals surface area contributed by atoms with Crippen molar-refractivity contribution in [3.63, 3.8) is 0 Å². The van der Waals surface area contributed by atoms with Gasteiger partial charge in [-0.05, 0) is 37.0 Å². The zero-order valence-electron chi connectivity index (χ0n) is 10.2. The number of rotatable bonds is 4. The summed E-state index contributed by atoms with van der Waals surface area (Å²) in [5.74, 6) is 0.568. The first kappa shape index (κ1) is 12.6. The van der Waals surface area contributed by atoms with Crippen LogP contribution in [0.3, 0.4) is 0 Å². The van der Waals surface area contributed by atoms with Gasteiger partial charge in [-0.15, -0.1) is 0 Å². The second-order valence-electron chi connectivity index (χ2n) is 3.92. The molecule has 1 atom stereocenters. The van der Waals surface area contributed by atoms with Gasteiger partial charge in [0.1, 0.15) is 0 Å². The second-order valence-corrected chi connectivity index (χ2v) is 3.92. The summed E-state index contributed by atoms with van der Waals surface area (Å²) in [4.78, 5) is 11.3. The fourth-order valence-electron chi connectivity index (χ4n) is 1.47. The molecule has 0 saturated heterocycles. The molecule has 16 heavy (non-hydrogen) atoms. The molecular weight excluding hydrogens is 200 g/mol. The SMILES string of the molecule is CCNC(=O)Nc1ccc([C@@H](C)CC)cc1. The zero-order chi connectivity index (χ0) is 12.0. The van der Waals surface area contributed by atoms with Crippen LogP contribution in [0.25, 0.3) is 0 Å². The van der Waals surface area contributed by atoms with Crippen LogP contribution < -0.4 is 10.6 Å². The average molecular weight is 220 g/mol. The highest BCUT2D eigenvalue weighted by molar-refractivity contribution is 5.89. The third-order valence-corrected chi connectivity index (χ3v) is 2.69. The minimum absolute atomic E-state index is 0.154. The van der Waals surface area contributed by atoms with Crippen molar-refractivity contribution in [2.24, 2.45) is 0 Å². The molecule has 0 bridgehead atoms. The van der Waals surface area contributed by atoms with Gasteiger partial charge in [0.2, 0.25) is 0 Å². The Morgan fingerprint density at radius 2 is 1.88 bits per heavy atom. The monoisotopic (exact) mass is 220 g/mol. The van der Waals surface area contributed by atoms with Gasteiger partial charge in [0.15, 0.2) is 0 Å². The smallest absolute Gasteiger partial charge is 0.319 e. The van der Waals surface area contributed by atoms with Crippen molar-refractivity contribution in [2.45, 2.75) is 33.1 Å². The fourth-order valence-corrected chi connectivity index (χ4v) is 1.47. The van der Waals surface area contributed by atoms with E-state index in [4.69, 9.17) is 0 Å². The van der Waals surface area contributed by atoms with Crippen LogP contribution in [0.4, 0.5) is 10.5 Å². The molecule has 0 fully saturated rings. The van der Waals surface area contributed by atoms with E-state index >= 15 is 0 Å². The van der Waals surface area contributed by atoms with E-state index in [1.165, 1.54) is 5.56 Å². The summed E-state index contributed by atoms with van der Waals surface area (Å²) in [6.45, 7) is 6.90. The minimum Gasteiger partial charge on any atom is -0.338 e. The largest absolute Gasteiger partial charge is 0.338 e. The van der Waals surface area contributed by atoms with Gasteiger partial charge >= 0.3 is 6.03 Å². The lowest BCUT2D eigenvalue weighted by molar-refractivity contribution is 0.252. The molecule has 0 saturated carbocycles. The summed E-state index contributed by atoms with van der Waals surface area (Å²) in [6.07, 6.45) is 1.13. The molecule has 0 radical (unpaired) electrons. The fraction of sp³-hybridized carbons (Fsp3) is 0.462. The maximum Gasteiger partial charge on any atom is 0.319 e. The number of urea groups is 1. The molecule has 1 aromatic carbocycles. The standard InChI is InChI=1S/C13H20N2O/c1-4-10(3)11-6-8-12(9-7-11)15-13(16)14-5-2/h6-10H,4-5H2,1-3H3,(H2,14,15,16)/t10-/m0/s1. The van der Waals surface area contributed by atoms with Gasteiger partial charge in [0, 0.05) is 12.2 Å². The quantitative estimate of drug-likeness (QED) is 0.802. The lowest BCUT2D eigenvalue weighted by Gasteiger charge is -2.10. The molecule has 1 aromatic rings. The molecule has 0 heterocycles. The first-order valence-electron chi connectivity index (χ1n) is 5.82. The summed E-state index contributed by atoms with van der Waals surface area (Å²) in [7, 11) is 0. The van der Waals surface area contributed by atoms with Crippen LogP contribution in [0.1, 0.15) is 38.7 Å². The summed E-state index contributed by atoms with van der Waals surface area (Å²) < 4.78 is 0. The normalized spacial score (nSPS) is 11.9. The van der Waals surface area contributed by atoms with Crippen molar-refractivity contribution >= 4 is 11.7 Å². The predicted molar refractivity (Wildman–Crippen MR) is 67.8 cm³/mol.